The van der Waals surface area contributed by atoms with E-state index in [1.54, 1.807) is 20.1 Å². The highest BCUT2D eigenvalue weighted by atomic mass is 16.7. The van der Waals surface area contributed by atoms with Gasteiger partial charge in [-0.3, -0.25) is 0 Å². The van der Waals surface area contributed by atoms with Gasteiger partial charge >= 0.3 is 5.97 Å². The average Bonchev–Trinajstić information content (AvgIpc) is 2.12. The van der Waals surface area contributed by atoms with Gasteiger partial charge in [-0.1, -0.05) is 0 Å². The molecule has 1 unspecified atom stereocenters. The maximum Gasteiger partial charge on any atom is 0.330 e. The normalized spacial score (nSPS) is 13.2. The number of ether oxygens (including phenoxy) is 3. The van der Waals surface area contributed by atoms with E-state index in [1.165, 1.54) is 6.08 Å². The molecule has 0 aromatic carbocycles. The maximum atomic E-state index is 10.8. The van der Waals surface area contributed by atoms with Crippen LogP contribution < -0.4 is 0 Å². The van der Waals surface area contributed by atoms with Crippen molar-refractivity contribution in [2.75, 3.05) is 20.5 Å². The van der Waals surface area contributed by atoms with Crippen molar-refractivity contribution in [2.24, 2.45) is 0 Å². The van der Waals surface area contributed by atoms with Gasteiger partial charge in [-0.25, -0.2) is 4.79 Å². The van der Waals surface area contributed by atoms with Crippen LogP contribution in [0.4, 0.5) is 0 Å². The molecule has 0 heterocycles. The van der Waals surface area contributed by atoms with Gasteiger partial charge in [-0.05, 0) is 19.9 Å². The second-order valence-corrected chi connectivity index (χ2v) is 2.39. The molecular formula is C9H16O4. The molecule has 0 fully saturated rings. The Hall–Kier alpha value is -0.870. The van der Waals surface area contributed by atoms with Crippen molar-refractivity contribution in [3.05, 3.63) is 12.2 Å². The Bertz CT molecular complexity index is 165. The molecule has 0 bridgehead atoms. The Labute approximate surface area is 78.5 Å². The van der Waals surface area contributed by atoms with Gasteiger partial charge in [-0.2, -0.15) is 0 Å². The molecule has 1 atom stereocenters. The van der Waals surface area contributed by atoms with Crippen molar-refractivity contribution < 1.29 is 19.0 Å². The number of carbonyl (C=O) groups excluding carboxylic acids is 1. The summed E-state index contributed by atoms with van der Waals surface area (Å²) in [5.74, 6) is -0.352. The Morgan fingerprint density at radius 1 is 1.54 bits per heavy atom. The van der Waals surface area contributed by atoms with Crippen LogP contribution in [-0.4, -0.2) is 32.6 Å². The van der Waals surface area contributed by atoms with Crippen LogP contribution in [0.1, 0.15) is 13.8 Å². The summed E-state index contributed by atoms with van der Waals surface area (Å²) in [5.41, 5.74) is 0. The molecule has 0 aliphatic carbocycles. The number of carbonyl (C=O) groups is 1. The molecule has 0 amide bonds. The van der Waals surface area contributed by atoms with Crippen LogP contribution >= 0.6 is 0 Å². The lowest BCUT2D eigenvalue weighted by Crippen LogP contribution is -2.08. The monoisotopic (exact) mass is 188 g/mol. The Morgan fingerprint density at radius 2 is 2.23 bits per heavy atom. The summed E-state index contributed by atoms with van der Waals surface area (Å²) in [4.78, 5) is 10.8. The first kappa shape index (κ1) is 12.1. The zero-order chi connectivity index (χ0) is 10.1. The van der Waals surface area contributed by atoms with Gasteiger partial charge in [0.1, 0.15) is 6.79 Å². The van der Waals surface area contributed by atoms with E-state index >= 15 is 0 Å². The minimum atomic E-state index is -0.352. The first-order valence-corrected chi connectivity index (χ1v) is 4.16. The molecule has 76 valence electrons. The summed E-state index contributed by atoms with van der Waals surface area (Å²) in [7, 11) is 1.54. The lowest BCUT2D eigenvalue weighted by Gasteiger charge is -2.06. The molecule has 4 nitrogen and oxygen atoms in total. The fraction of sp³-hybridized carbons (Fsp3) is 0.667. The molecule has 0 saturated heterocycles. The van der Waals surface area contributed by atoms with Crippen LogP contribution in [0.25, 0.3) is 0 Å². The second-order valence-electron chi connectivity index (χ2n) is 2.39. The molecule has 13 heavy (non-hydrogen) atoms. The molecule has 0 spiro atoms. The van der Waals surface area contributed by atoms with E-state index in [1.807, 2.05) is 6.92 Å². The molecule has 0 aromatic rings. The second kappa shape index (κ2) is 7.76. The van der Waals surface area contributed by atoms with Gasteiger partial charge in [0.2, 0.25) is 0 Å². The van der Waals surface area contributed by atoms with E-state index in [0.717, 1.165) is 0 Å². The zero-order valence-electron chi connectivity index (χ0n) is 8.28. The lowest BCUT2D eigenvalue weighted by atomic mass is 10.3. The third kappa shape index (κ3) is 7.49. The minimum Gasteiger partial charge on any atom is -0.463 e. The first-order chi connectivity index (χ1) is 6.20. The van der Waals surface area contributed by atoms with Crippen LogP contribution in [0.15, 0.2) is 12.2 Å². The fourth-order valence-electron chi connectivity index (χ4n) is 0.635. The van der Waals surface area contributed by atoms with Gasteiger partial charge in [-0.15, -0.1) is 0 Å². The van der Waals surface area contributed by atoms with E-state index < -0.39 is 0 Å². The van der Waals surface area contributed by atoms with Crippen LogP contribution in [0.5, 0.6) is 0 Å². The van der Waals surface area contributed by atoms with Crippen LogP contribution in [0, 0.1) is 0 Å². The Morgan fingerprint density at radius 3 is 2.77 bits per heavy atom. The topological polar surface area (TPSA) is 44.8 Å². The Balaban J connectivity index is 3.62. The van der Waals surface area contributed by atoms with E-state index in [9.17, 15) is 4.79 Å². The van der Waals surface area contributed by atoms with E-state index in [-0.39, 0.29) is 18.9 Å². The predicted octanol–water partition coefficient (Wildman–Crippen LogP) is 1.11. The van der Waals surface area contributed by atoms with Gasteiger partial charge in [0.15, 0.2) is 0 Å². The minimum absolute atomic E-state index is 0.149. The number of hydrogen-bond acceptors (Lipinski definition) is 4. The third-order valence-electron chi connectivity index (χ3n) is 1.24. The molecule has 0 N–H and O–H groups in total. The summed E-state index contributed by atoms with van der Waals surface area (Å²) in [5, 5.41) is 0. The Kier molecular flexibility index (Phi) is 7.24. The van der Waals surface area contributed by atoms with Gasteiger partial charge in [0, 0.05) is 13.2 Å². The highest BCUT2D eigenvalue weighted by Gasteiger charge is 1.98. The molecule has 4 heteroatoms. The summed E-state index contributed by atoms with van der Waals surface area (Å²) in [6.07, 6.45) is 2.82. The molecule has 0 rings (SSSR count). The number of methoxy groups -OCH3 is 1. The SMILES string of the molecule is CCOC(=O)/C=C/C(C)OCOC. The van der Waals surface area contributed by atoms with E-state index in [4.69, 9.17) is 9.47 Å². The smallest absolute Gasteiger partial charge is 0.330 e. The number of rotatable bonds is 6. The van der Waals surface area contributed by atoms with Gasteiger partial charge in [0.25, 0.3) is 0 Å². The standard InChI is InChI=1S/C9H16O4/c1-4-12-9(10)6-5-8(2)13-7-11-3/h5-6,8H,4,7H2,1-3H3/b6-5+. The summed E-state index contributed by atoms with van der Waals surface area (Å²) < 4.78 is 14.5. The molecule has 0 aromatic heterocycles. The molecular weight excluding hydrogens is 172 g/mol. The molecule has 0 aliphatic heterocycles. The average molecular weight is 188 g/mol. The first-order valence-electron chi connectivity index (χ1n) is 4.16. The van der Waals surface area contributed by atoms with Crippen molar-refractivity contribution in [1.29, 1.82) is 0 Å². The van der Waals surface area contributed by atoms with Crippen molar-refractivity contribution >= 4 is 5.97 Å². The number of esters is 1. The van der Waals surface area contributed by atoms with Crippen molar-refractivity contribution in [1.82, 2.24) is 0 Å². The molecule has 0 radical (unpaired) electrons. The van der Waals surface area contributed by atoms with Crippen molar-refractivity contribution in [3.8, 4) is 0 Å². The molecule has 0 aliphatic rings. The van der Waals surface area contributed by atoms with Gasteiger partial charge < -0.3 is 14.2 Å². The number of hydrogen-bond donors (Lipinski definition) is 0. The fourth-order valence-corrected chi connectivity index (χ4v) is 0.635. The van der Waals surface area contributed by atoms with Crippen LogP contribution in [0.2, 0.25) is 0 Å². The van der Waals surface area contributed by atoms with E-state index in [2.05, 4.69) is 4.74 Å². The van der Waals surface area contributed by atoms with Crippen LogP contribution in [-0.2, 0) is 19.0 Å². The summed E-state index contributed by atoms with van der Waals surface area (Å²) in [6.45, 7) is 4.18. The predicted molar refractivity (Wildman–Crippen MR) is 48.2 cm³/mol. The van der Waals surface area contributed by atoms with Crippen molar-refractivity contribution in [2.45, 2.75) is 20.0 Å². The molecule has 0 saturated carbocycles. The summed E-state index contributed by atoms with van der Waals surface area (Å²) in [6, 6.07) is 0. The highest BCUT2D eigenvalue weighted by molar-refractivity contribution is 5.81. The van der Waals surface area contributed by atoms with Gasteiger partial charge in [0.05, 0.1) is 12.7 Å². The summed E-state index contributed by atoms with van der Waals surface area (Å²) >= 11 is 0. The van der Waals surface area contributed by atoms with Crippen LogP contribution in [0.3, 0.4) is 0 Å². The largest absolute Gasteiger partial charge is 0.463 e. The quantitative estimate of drug-likeness (QED) is 0.356. The van der Waals surface area contributed by atoms with Crippen molar-refractivity contribution in [3.63, 3.8) is 0 Å². The van der Waals surface area contributed by atoms with E-state index in [0.29, 0.717) is 6.61 Å². The highest BCUT2D eigenvalue weighted by Crippen LogP contribution is 1.93. The lowest BCUT2D eigenvalue weighted by molar-refractivity contribution is -0.137. The zero-order valence-corrected chi connectivity index (χ0v) is 8.28. The maximum absolute atomic E-state index is 10.8. The third-order valence-corrected chi connectivity index (χ3v) is 1.24.